The van der Waals surface area contributed by atoms with E-state index < -0.39 is 5.25 Å². The number of rotatable bonds is 5. The summed E-state index contributed by atoms with van der Waals surface area (Å²) in [6, 6.07) is 9.19. The molecule has 0 saturated carbocycles. The molecule has 1 N–H and O–H groups in total. The second-order valence-electron chi connectivity index (χ2n) is 4.93. The van der Waals surface area contributed by atoms with Gasteiger partial charge in [-0.3, -0.25) is 4.79 Å². The molecule has 0 bridgehead atoms. The van der Waals surface area contributed by atoms with Gasteiger partial charge in [-0.25, -0.2) is 0 Å². The van der Waals surface area contributed by atoms with Gasteiger partial charge in [0.05, 0.1) is 10.8 Å². The van der Waals surface area contributed by atoms with E-state index in [-0.39, 0.29) is 5.91 Å². The van der Waals surface area contributed by atoms with E-state index in [0.717, 1.165) is 10.0 Å². The van der Waals surface area contributed by atoms with Gasteiger partial charge in [-0.15, -0.1) is 10.2 Å². The molecule has 2 heterocycles. The Kier molecular flexibility index (Phi) is 5.00. The van der Waals surface area contributed by atoms with Gasteiger partial charge in [-0.1, -0.05) is 29.1 Å². The standard InChI is InChI=1S/C15H13BrN4O3S/c1-8-7-12(20-23-8)17-13(21)9(2)24-15-19-18-14(22-15)10-5-3-4-6-11(10)16/h3-7,9H,1-2H3,(H,17,20,21)/t9-/m1/s1. The SMILES string of the molecule is Cc1cc(NC(=O)[C@@H](C)Sc2nnc(-c3ccccc3Br)o2)no1. The topological polar surface area (TPSA) is 94.1 Å². The lowest BCUT2D eigenvalue weighted by Crippen LogP contribution is -2.22. The van der Waals surface area contributed by atoms with Gasteiger partial charge in [0.25, 0.3) is 5.22 Å². The zero-order valence-corrected chi connectivity index (χ0v) is 15.2. The summed E-state index contributed by atoms with van der Waals surface area (Å²) in [5.41, 5.74) is 0.798. The Bertz CT molecular complexity index is 864. The van der Waals surface area contributed by atoms with Crippen molar-refractivity contribution >= 4 is 39.4 Å². The zero-order chi connectivity index (χ0) is 17.1. The average Bonchev–Trinajstić information content (AvgIpc) is 3.17. The molecule has 0 saturated heterocycles. The molecular weight excluding hydrogens is 396 g/mol. The Morgan fingerprint density at radius 1 is 1.33 bits per heavy atom. The number of carbonyl (C=O) groups is 1. The lowest BCUT2D eigenvalue weighted by atomic mass is 10.2. The number of amides is 1. The third-order valence-electron chi connectivity index (χ3n) is 3.04. The highest BCUT2D eigenvalue weighted by Crippen LogP contribution is 2.30. The van der Waals surface area contributed by atoms with Crippen molar-refractivity contribution in [1.29, 1.82) is 0 Å². The molecule has 1 aromatic carbocycles. The van der Waals surface area contributed by atoms with Crippen LogP contribution in [0.25, 0.3) is 11.5 Å². The number of nitrogens with zero attached hydrogens (tertiary/aromatic N) is 3. The minimum Gasteiger partial charge on any atom is -0.411 e. The van der Waals surface area contributed by atoms with Gasteiger partial charge in [-0.05, 0) is 41.9 Å². The quantitative estimate of drug-likeness (QED) is 0.639. The fourth-order valence-corrected chi connectivity index (χ4v) is 3.00. The molecule has 0 aliphatic carbocycles. The Morgan fingerprint density at radius 3 is 2.83 bits per heavy atom. The van der Waals surface area contributed by atoms with Crippen LogP contribution in [0.2, 0.25) is 0 Å². The number of aryl methyl sites for hydroxylation is 1. The molecule has 9 heteroatoms. The molecule has 124 valence electrons. The molecule has 1 atom stereocenters. The summed E-state index contributed by atoms with van der Waals surface area (Å²) in [7, 11) is 0. The molecule has 1 amide bonds. The van der Waals surface area contributed by atoms with Crippen LogP contribution >= 0.6 is 27.7 Å². The van der Waals surface area contributed by atoms with Crippen molar-refractivity contribution in [2.45, 2.75) is 24.3 Å². The summed E-state index contributed by atoms with van der Waals surface area (Å²) in [4.78, 5) is 12.1. The van der Waals surface area contributed by atoms with Crippen molar-refractivity contribution < 1.29 is 13.7 Å². The van der Waals surface area contributed by atoms with Crippen molar-refractivity contribution in [3.8, 4) is 11.5 Å². The van der Waals surface area contributed by atoms with E-state index in [0.29, 0.717) is 22.7 Å². The van der Waals surface area contributed by atoms with Gasteiger partial charge < -0.3 is 14.3 Å². The predicted octanol–water partition coefficient (Wildman–Crippen LogP) is 3.91. The Morgan fingerprint density at radius 2 is 2.12 bits per heavy atom. The fraction of sp³-hybridized carbons (Fsp3) is 0.200. The Hall–Kier alpha value is -2.13. The van der Waals surface area contributed by atoms with Crippen molar-refractivity contribution in [1.82, 2.24) is 15.4 Å². The Balaban J connectivity index is 1.66. The largest absolute Gasteiger partial charge is 0.411 e. The second kappa shape index (κ2) is 7.18. The molecule has 0 fully saturated rings. The summed E-state index contributed by atoms with van der Waals surface area (Å²) in [5.74, 6) is 1.17. The van der Waals surface area contributed by atoms with E-state index in [2.05, 4.69) is 36.6 Å². The predicted molar refractivity (Wildman–Crippen MR) is 92.6 cm³/mol. The first-order valence-electron chi connectivity index (χ1n) is 7.02. The van der Waals surface area contributed by atoms with E-state index >= 15 is 0 Å². The highest BCUT2D eigenvalue weighted by Gasteiger charge is 2.20. The smallest absolute Gasteiger partial charge is 0.277 e. The summed E-state index contributed by atoms with van der Waals surface area (Å²) in [6.45, 7) is 3.50. The first-order chi connectivity index (χ1) is 11.5. The van der Waals surface area contributed by atoms with Crippen LogP contribution in [0, 0.1) is 6.92 Å². The number of carbonyl (C=O) groups excluding carboxylic acids is 1. The minimum absolute atomic E-state index is 0.228. The van der Waals surface area contributed by atoms with Crippen molar-refractivity contribution in [3.05, 3.63) is 40.6 Å². The van der Waals surface area contributed by atoms with E-state index in [9.17, 15) is 4.79 Å². The minimum atomic E-state index is -0.436. The van der Waals surface area contributed by atoms with E-state index in [1.54, 1.807) is 19.9 Å². The number of halogens is 1. The number of thioether (sulfide) groups is 1. The molecule has 2 aromatic heterocycles. The van der Waals surface area contributed by atoms with E-state index in [4.69, 9.17) is 8.94 Å². The van der Waals surface area contributed by atoms with Gasteiger partial charge in [0.2, 0.25) is 11.8 Å². The lowest BCUT2D eigenvalue weighted by molar-refractivity contribution is -0.115. The van der Waals surface area contributed by atoms with Gasteiger partial charge in [-0.2, -0.15) is 0 Å². The van der Waals surface area contributed by atoms with E-state index in [1.807, 2.05) is 24.3 Å². The maximum Gasteiger partial charge on any atom is 0.277 e. The average molecular weight is 409 g/mol. The molecule has 7 nitrogen and oxygen atoms in total. The highest BCUT2D eigenvalue weighted by atomic mass is 79.9. The van der Waals surface area contributed by atoms with Crippen LogP contribution < -0.4 is 5.32 Å². The van der Waals surface area contributed by atoms with Crippen LogP contribution in [0.5, 0.6) is 0 Å². The van der Waals surface area contributed by atoms with E-state index in [1.165, 1.54) is 11.8 Å². The number of hydrogen-bond donors (Lipinski definition) is 1. The third-order valence-corrected chi connectivity index (χ3v) is 4.66. The van der Waals surface area contributed by atoms with Crippen molar-refractivity contribution in [2.75, 3.05) is 5.32 Å². The van der Waals surface area contributed by atoms with Crippen molar-refractivity contribution in [3.63, 3.8) is 0 Å². The maximum atomic E-state index is 12.1. The molecule has 0 unspecified atom stereocenters. The molecule has 0 aliphatic heterocycles. The zero-order valence-electron chi connectivity index (χ0n) is 12.8. The molecule has 3 rings (SSSR count). The van der Waals surface area contributed by atoms with Gasteiger partial charge in [0, 0.05) is 10.5 Å². The molecule has 3 aromatic rings. The third kappa shape index (κ3) is 3.85. The summed E-state index contributed by atoms with van der Waals surface area (Å²) in [5, 5.41) is 14.3. The molecular formula is C15H13BrN4O3S. The van der Waals surface area contributed by atoms with Gasteiger partial charge in [0.15, 0.2) is 5.82 Å². The number of nitrogens with one attached hydrogen (secondary N) is 1. The lowest BCUT2D eigenvalue weighted by Gasteiger charge is -2.06. The van der Waals surface area contributed by atoms with Crippen molar-refractivity contribution in [2.24, 2.45) is 0 Å². The molecule has 0 radical (unpaired) electrons. The summed E-state index contributed by atoms with van der Waals surface area (Å²) >= 11 is 4.61. The normalized spacial score (nSPS) is 12.1. The second-order valence-corrected chi connectivity index (χ2v) is 7.07. The molecule has 0 spiro atoms. The maximum absolute atomic E-state index is 12.1. The van der Waals surface area contributed by atoms with Crippen LogP contribution in [0.3, 0.4) is 0 Å². The highest BCUT2D eigenvalue weighted by molar-refractivity contribution is 9.10. The van der Waals surface area contributed by atoms with Crippen LogP contribution in [0.15, 0.2) is 49.0 Å². The Labute approximate surface area is 150 Å². The molecule has 24 heavy (non-hydrogen) atoms. The number of aromatic nitrogens is 3. The van der Waals surface area contributed by atoms with Crippen LogP contribution in [0.1, 0.15) is 12.7 Å². The first-order valence-corrected chi connectivity index (χ1v) is 8.69. The van der Waals surface area contributed by atoms with Crippen LogP contribution in [0.4, 0.5) is 5.82 Å². The van der Waals surface area contributed by atoms with Gasteiger partial charge in [0.1, 0.15) is 5.76 Å². The van der Waals surface area contributed by atoms with Gasteiger partial charge >= 0.3 is 0 Å². The van der Waals surface area contributed by atoms with Crippen LogP contribution in [-0.2, 0) is 4.79 Å². The monoisotopic (exact) mass is 408 g/mol. The van der Waals surface area contributed by atoms with Crippen LogP contribution in [-0.4, -0.2) is 26.5 Å². The first kappa shape index (κ1) is 16.7. The fourth-order valence-electron chi connectivity index (χ4n) is 1.86. The summed E-state index contributed by atoms with van der Waals surface area (Å²) in [6.07, 6.45) is 0. The number of benzene rings is 1. The summed E-state index contributed by atoms with van der Waals surface area (Å²) < 4.78 is 11.4. The number of anilines is 1. The number of hydrogen-bond acceptors (Lipinski definition) is 7. The molecule has 0 aliphatic rings.